The van der Waals surface area contributed by atoms with Gasteiger partial charge in [-0.15, -0.1) is 0 Å². The van der Waals surface area contributed by atoms with Gasteiger partial charge in [0, 0.05) is 17.8 Å². The minimum atomic E-state index is 1.07. The third-order valence-electron chi connectivity index (χ3n) is 2.64. The Bertz CT molecular complexity index is 432. The maximum Gasteiger partial charge on any atom is 0.0346 e. The van der Waals surface area contributed by atoms with Crippen molar-refractivity contribution in [1.29, 1.82) is 0 Å². The van der Waals surface area contributed by atoms with Crippen LogP contribution in [0.15, 0.2) is 36.7 Å². The summed E-state index contributed by atoms with van der Waals surface area (Å²) in [5.74, 6) is 0. The second-order valence-electron chi connectivity index (χ2n) is 3.72. The number of hydrogen-bond donors (Lipinski definition) is 1. The van der Waals surface area contributed by atoms with E-state index in [9.17, 15) is 0 Å². The number of aryl methyl sites for hydroxylation is 1. The molecule has 0 radical (unpaired) electrons. The zero-order valence-electron chi connectivity index (χ0n) is 9.03. The van der Waals surface area contributed by atoms with Crippen LogP contribution < -0.4 is 5.32 Å². The van der Waals surface area contributed by atoms with E-state index in [4.69, 9.17) is 0 Å². The molecule has 0 atom stereocenters. The number of rotatable bonds is 4. The molecule has 0 amide bonds. The zero-order valence-corrected chi connectivity index (χ0v) is 9.03. The molecule has 2 aromatic rings. The topological polar surface area (TPSA) is 24.9 Å². The predicted molar refractivity (Wildman–Crippen MR) is 64.0 cm³/mol. The molecule has 0 bridgehead atoms. The average Bonchev–Trinajstić information content (AvgIpc) is 2.30. The summed E-state index contributed by atoms with van der Waals surface area (Å²) in [5.41, 5.74) is 1.42. The lowest BCUT2D eigenvalue weighted by Crippen LogP contribution is -2.08. The fraction of sp³-hybridized carbons (Fsp3) is 0.308. The Balaban J connectivity index is 2.26. The van der Waals surface area contributed by atoms with E-state index in [-0.39, 0.29) is 0 Å². The first-order valence-corrected chi connectivity index (χ1v) is 5.38. The second kappa shape index (κ2) is 4.89. The monoisotopic (exact) mass is 200 g/mol. The van der Waals surface area contributed by atoms with E-state index in [2.05, 4.69) is 34.6 Å². The van der Waals surface area contributed by atoms with Crippen molar-refractivity contribution in [2.75, 3.05) is 13.6 Å². The normalized spacial score (nSPS) is 10.7. The van der Waals surface area contributed by atoms with Crippen molar-refractivity contribution >= 4 is 10.8 Å². The Hall–Kier alpha value is -1.41. The summed E-state index contributed by atoms with van der Waals surface area (Å²) in [6.07, 6.45) is 6.10. The number of aromatic nitrogens is 1. The molecule has 0 fully saturated rings. The van der Waals surface area contributed by atoms with Gasteiger partial charge < -0.3 is 5.32 Å². The van der Waals surface area contributed by atoms with Crippen LogP contribution in [-0.4, -0.2) is 18.6 Å². The minimum Gasteiger partial charge on any atom is -0.320 e. The van der Waals surface area contributed by atoms with Gasteiger partial charge in [0.2, 0.25) is 0 Å². The molecule has 2 rings (SSSR count). The van der Waals surface area contributed by atoms with Gasteiger partial charge in [0.15, 0.2) is 0 Å². The molecule has 1 aromatic carbocycles. The molecule has 0 aliphatic carbocycles. The van der Waals surface area contributed by atoms with Crippen molar-refractivity contribution in [3.63, 3.8) is 0 Å². The molecule has 0 saturated carbocycles. The first-order valence-electron chi connectivity index (χ1n) is 5.38. The largest absolute Gasteiger partial charge is 0.320 e. The van der Waals surface area contributed by atoms with E-state index in [1.165, 1.54) is 22.8 Å². The third-order valence-corrected chi connectivity index (χ3v) is 2.64. The van der Waals surface area contributed by atoms with Gasteiger partial charge in [-0.25, -0.2) is 0 Å². The molecule has 2 nitrogen and oxygen atoms in total. The first-order chi connectivity index (χ1) is 7.42. The number of hydrogen-bond acceptors (Lipinski definition) is 2. The number of benzene rings is 1. The highest BCUT2D eigenvalue weighted by Crippen LogP contribution is 2.18. The van der Waals surface area contributed by atoms with Gasteiger partial charge in [0.05, 0.1) is 0 Å². The van der Waals surface area contributed by atoms with Crippen LogP contribution in [0.5, 0.6) is 0 Å². The van der Waals surface area contributed by atoms with Crippen molar-refractivity contribution in [3.05, 3.63) is 42.2 Å². The summed E-state index contributed by atoms with van der Waals surface area (Å²) < 4.78 is 0. The molecular formula is C13H16N2. The van der Waals surface area contributed by atoms with E-state index in [1.54, 1.807) is 0 Å². The first kappa shape index (κ1) is 10.1. The summed E-state index contributed by atoms with van der Waals surface area (Å²) >= 11 is 0. The van der Waals surface area contributed by atoms with Gasteiger partial charge >= 0.3 is 0 Å². The van der Waals surface area contributed by atoms with E-state index in [1.807, 2.05) is 19.4 Å². The minimum absolute atomic E-state index is 1.07. The Kier molecular flexibility index (Phi) is 3.30. The van der Waals surface area contributed by atoms with Crippen LogP contribution in [0, 0.1) is 0 Å². The highest BCUT2D eigenvalue weighted by molar-refractivity contribution is 5.84. The highest BCUT2D eigenvalue weighted by Gasteiger charge is 1.99. The summed E-state index contributed by atoms with van der Waals surface area (Å²) in [4.78, 5) is 4.14. The molecular weight excluding hydrogens is 184 g/mol. The fourth-order valence-electron chi connectivity index (χ4n) is 1.86. The zero-order chi connectivity index (χ0) is 10.5. The number of nitrogens with zero attached hydrogens (tertiary/aromatic N) is 1. The summed E-state index contributed by atoms with van der Waals surface area (Å²) in [6, 6.07) is 8.53. The Morgan fingerprint density at radius 1 is 1.27 bits per heavy atom. The van der Waals surface area contributed by atoms with Crippen LogP contribution >= 0.6 is 0 Å². The molecule has 1 heterocycles. The molecule has 0 saturated heterocycles. The van der Waals surface area contributed by atoms with Crippen LogP contribution in [-0.2, 0) is 6.42 Å². The summed E-state index contributed by atoms with van der Waals surface area (Å²) in [5, 5.41) is 5.75. The van der Waals surface area contributed by atoms with Gasteiger partial charge in [-0.05, 0) is 43.5 Å². The molecule has 78 valence electrons. The molecule has 15 heavy (non-hydrogen) atoms. The van der Waals surface area contributed by atoms with Crippen molar-refractivity contribution in [2.24, 2.45) is 0 Å². The van der Waals surface area contributed by atoms with Gasteiger partial charge in [0.1, 0.15) is 0 Å². The molecule has 1 aromatic heterocycles. The third kappa shape index (κ3) is 2.34. The van der Waals surface area contributed by atoms with Crippen LogP contribution in [0.2, 0.25) is 0 Å². The van der Waals surface area contributed by atoms with Crippen LogP contribution in [0.1, 0.15) is 12.0 Å². The Morgan fingerprint density at radius 3 is 3.07 bits per heavy atom. The molecule has 2 heteroatoms. The van der Waals surface area contributed by atoms with Crippen LogP contribution in [0.25, 0.3) is 10.8 Å². The Labute approximate surface area is 90.3 Å². The maximum absolute atomic E-state index is 4.14. The van der Waals surface area contributed by atoms with Crippen LogP contribution in [0.3, 0.4) is 0 Å². The lowest BCUT2D eigenvalue weighted by atomic mass is 10.0. The van der Waals surface area contributed by atoms with E-state index in [0.29, 0.717) is 0 Å². The number of pyridine rings is 1. The van der Waals surface area contributed by atoms with Gasteiger partial charge in [0.25, 0.3) is 0 Å². The summed E-state index contributed by atoms with van der Waals surface area (Å²) in [7, 11) is 1.99. The SMILES string of the molecule is CNCCCc1cccc2cnccc12. The number of fused-ring (bicyclic) bond motifs is 1. The second-order valence-corrected chi connectivity index (χ2v) is 3.72. The predicted octanol–water partition coefficient (Wildman–Crippen LogP) is 2.39. The van der Waals surface area contributed by atoms with Gasteiger partial charge in [-0.2, -0.15) is 0 Å². The smallest absolute Gasteiger partial charge is 0.0346 e. The van der Waals surface area contributed by atoms with Crippen molar-refractivity contribution in [1.82, 2.24) is 10.3 Å². The summed E-state index contributed by atoms with van der Waals surface area (Å²) in [6.45, 7) is 1.07. The van der Waals surface area contributed by atoms with E-state index < -0.39 is 0 Å². The van der Waals surface area contributed by atoms with Gasteiger partial charge in [-0.3, -0.25) is 4.98 Å². The maximum atomic E-state index is 4.14. The highest BCUT2D eigenvalue weighted by atomic mass is 14.8. The lowest BCUT2D eigenvalue weighted by Gasteiger charge is -2.05. The molecule has 0 spiro atoms. The molecule has 0 aliphatic heterocycles. The van der Waals surface area contributed by atoms with Crippen molar-refractivity contribution < 1.29 is 0 Å². The van der Waals surface area contributed by atoms with Crippen molar-refractivity contribution in [2.45, 2.75) is 12.8 Å². The van der Waals surface area contributed by atoms with Gasteiger partial charge in [-0.1, -0.05) is 18.2 Å². The van der Waals surface area contributed by atoms with Crippen molar-refractivity contribution in [3.8, 4) is 0 Å². The Morgan fingerprint density at radius 2 is 2.20 bits per heavy atom. The molecule has 0 aliphatic rings. The quantitative estimate of drug-likeness (QED) is 0.766. The lowest BCUT2D eigenvalue weighted by molar-refractivity contribution is 0.727. The molecule has 1 N–H and O–H groups in total. The number of nitrogens with one attached hydrogen (secondary N) is 1. The van der Waals surface area contributed by atoms with E-state index >= 15 is 0 Å². The average molecular weight is 200 g/mol. The van der Waals surface area contributed by atoms with Crippen LogP contribution in [0.4, 0.5) is 0 Å². The fourth-order valence-corrected chi connectivity index (χ4v) is 1.86. The standard InChI is InChI=1S/C13H16N2/c1-14-8-3-6-11-4-2-5-12-10-15-9-7-13(11)12/h2,4-5,7,9-10,14H,3,6,8H2,1H3. The van der Waals surface area contributed by atoms with E-state index in [0.717, 1.165) is 13.0 Å². The molecule has 0 unspecified atom stereocenters.